The van der Waals surface area contributed by atoms with Gasteiger partial charge in [-0.1, -0.05) is 48.3 Å². The molecule has 1 saturated carbocycles. The molecule has 194 valence electrons. The van der Waals surface area contributed by atoms with E-state index in [9.17, 15) is 14.7 Å². The number of carboxylic acid groups (broad SMARTS) is 1. The molecule has 0 bridgehead atoms. The second-order valence-electron chi connectivity index (χ2n) is 9.41. The van der Waals surface area contributed by atoms with Gasteiger partial charge in [-0.3, -0.25) is 14.6 Å². The third-order valence-electron chi connectivity index (χ3n) is 6.82. The van der Waals surface area contributed by atoms with Gasteiger partial charge in [-0.2, -0.15) is 0 Å². The molecule has 1 aliphatic carbocycles. The number of aliphatic carboxylic acids is 1. The predicted molar refractivity (Wildman–Crippen MR) is 142 cm³/mol. The molecule has 1 fully saturated rings. The maximum Gasteiger partial charge on any atom is 0.307 e. The van der Waals surface area contributed by atoms with Crippen LogP contribution in [-0.2, 0) is 9.59 Å². The topological polar surface area (TPSA) is 143 Å². The number of aryl methyl sites for hydroxylation is 2. The molecular weight excluding hydrogens is 484 g/mol. The summed E-state index contributed by atoms with van der Waals surface area (Å²) in [7, 11) is 0. The summed E-state index contributed by atoms with van der Waals surface area (Å²) in [6.45, 7) is 3.59. The van der Waals surface area contributed by atoms with E-state index in [1.165, 1.54) is 0 Å². The number of carboxylic acids is 1. The highest BCUT2D eigenvalue weighted by Gasteiger charge is 2.36. The van der Waals surface area contributed by atoms with Gasteiger partial charge in [-0.25, -0.2) is 9.97 Å². The predicted octanol–water partition coefficient (Wildman–Crippen LogP) is 5.38. The molecule has 3 N–H and O–H groups in total. The molecule has 3 aromatic heterocycles. The lowest BCUT2D eigenvalue weighted by Crippen LogP contribution is -2.36. The highest BCUT2D eigenvalue weighted by Crippen LogP contribution is 2.34. The number of aromatic nitrogens is 4. The van der Waals surface area contributed by atoms with E-state index in [0.717, 1.165) is 24.1 Å². The Kier molecular flexibility index (Phi) is 7.12. The monoisotopic (exact) mass is 512 g/mol. The van der Waals surface area contributed by atoms with Crippen molar-refractivity contribution < 1.29 is 19.2 Å². The van der Waals surface area contributed by atoms with Crippen LogP contribution in [0, 0.1) is 25.7 Å². The number of nitrogens with zero attached hydrogens (tertiary/aromatic N) is 4. The maximum absolute atomic E-state index is 12.9. The highest BCUT2D eigenvalue weighted by atomic mass is 16.5. The summed E-state index contributed by atoms with van der Waals surface area (Å²) in [6, 6.07) is 13.2. The standard InChI is InChI=1S/C28H28N6O4/c1-16-21(32-27(35)19-10-6-7-11-20(19)28(36)37)12-13-22(30-16)26-25(17(2)34-38-26)33-24-15-29-14-23(31-24)18-8-4-3-5-9-18/h3-5,8-9,12-15,19-20H,6-7,10-11H2,1-2H3,(H,31,33)(H,32,35)(H,36,37)/t19-,20-/m0/s1. The quantitative estimate of drug-likeness (QED) is 0.297. The Morgan fingerprint density at radius 2 is 1.68 bits per heavy atom. The lowest BCUT2D eigenvalue weighted by Gasteiger charge is -2.27. The smallest absolute Gasteiger partial charge is 0.307 e. The van der Waals surface area contributed by atoms with Gasteiger partial charge in [0.15, 0.2) is 0 Å². The maximum atomic E-state index is 12.9. The molecule has 0 unspecified atom stereocenters. The van der Waals surface area contributed by atoms with Crippen LogP contribution in [0.4, 0.5) is 17.2 Å². The first-order valence-electron chi connectivity index (χ1n) is 12.5. The van der Waals surface area contributed by atoms with E-state index in [2.05, 4.69) is 30.7 Å². The van der Waals surface area contributed by atoms with Crippen LogP contribution in [0.25, 0.3) is 22.7 Å². The first kappa shape index (κ1) is 25.1. The van der Waals surface area contributed by atoms with Crippen molar-refractivity contribution in [2.24, 2.45) is 11.8 Å². The van der Waals surface area contributed by atoms with Gasteiger partial charge in [-0.15, -0.1) is 0 Å². The molecule has 0 aliphatic heterocycles. The minimum absolute atomic E-state index is 0.288. The van der Waals surface area contributed by atoms with Crippen LogP contribution in [0.2, 0.25) is 0 Å². The van der Waals surface area contributed by atoms with E-state index >= 15 is 0 Å². The molecular formula is C28H28N6O4. The normalized spacial score (nSPS) is 17.1. The van der Waals surface area contributed by atoms with Crippen molar-refractivity contribution in [3.63, 3.8) is 0 Å². The van der Waals surface area contributed by atoms with Crippen LogP contribution in [0.1, 0.15) is 37.1 Å². The van der Waals surface area contributed by atoms with Gasteiger partial charge >= 0.3 is 5.97 Å². The molecule has 10 nitrogen and oxygen atoms in total. The Hall–Kier alpha value is -4.60. The first-order chi connectivity index (χ1) is 18.4. The van der Waals surface area contributed by atoms with Gasteiger partial charge in [0.25, 0.3) is 0 Å². The van der Waals surface area contributed by atoms with Crippen molar-refractivity contribution >= 4 is 29.1 Å². The van der Waals surface area contributed by atoms with E-state index in [1.807, 2.05) is 37.3 Å². The molecule has 38 heavy (non-hydrogen) atoms. The van der Waals surface area contributed by atoms with Crippen LogP contribution >= 0.6 is 0 Å². The third kappa shape index (κ3) is 5.24. The van der Waals surface area contributed by atoms with Crippen molar-refractivity contribution in [2.75, 3.05) is 10.6 Å². The van der Waals surface area contributed by atoms with Gasteiger partial charge < -0.3 is 20.3 Å². The average molecular weight is 513 g/mol. The molecule has 0 saturated heterocycles. The molecule has 4 aromatic rings. The van der Waals surface area contributed by atoms with Crippen molar-refractivity contribution in [3.05, 3.63) is 66.2 Å². The fourth-order valence-corrected chi connectivity index (χ4v) is 4.78. The number of pyridine rings is 1. The third-order valence-corrected chi connectivity index (χ3v) is 6.82. The summed E-state index contributed by atoms with van der Waals surface area (Å²) in [5.41, 5.74) is 4.54. The van der Waals surface area contributed by atoms with Crippen molar-refractivity contribution in [1.82, 2.24) is 20.1 Å². The first-order valence-corrected chi connectivity index (χ1v) is 12.5. The van der Waals surface area contributed by atoms with Crippen LogP contribution < -0.4 is 10.6 Å². The average Bonchev–Trinajstić information content (AvgIpc) is 3.30. The Balaban J connectivity index is 1.36. The molecule has 0 spiro atoms. The zero-order chi connectivity index (χ0) is 26.6. The van der Waals surface area contributed by atoms with Gasteiger partial charge in [-0.05, 0) is 38.8 Å². The lowest BCUT2D eigenvalue weighted by molar-refractivity contribution is -0.147. The number of carbonyl (C=O) groups is 2. The molecule has 1 aromatic carbocycles. The molecule has 5 rings (SSSR count). The summed E-state index contributed by atoms with van der Waals surface area (Å²) in [5, 5.41) is 19.8. The van der Waals surface area contributed by atoms with Crippen molar-refractivity contribution in [2.45, 2.75) is 39.5 Å². The lowest BCUT2D eigenvalue weighted by atomic mass is 9.78. The van der Waals surface area contributed by atoms with E-state index in [0.29, 0.717) is 52.9 Å². The summed E-state index contributed by atoms with van der Waals surface area (Å²) >= 11 is 0. The summed E-state index contributed by atoms with van der Waals surface area (Å²) in [5.74, 6) is -1.47. The van der Waals surface area contributed by atoms with E-state index < -0.39 is 17.8 Å². The fourth-order valence-electron chi connectivity index (χ4n) is 4.78. The summed E-state index contributed by atoms with van der Waals surface area (Å²) < 4.78 is 5.60. The van der Waals surface area contributed by atoms with Gasteiger partial charge in [0.2, 0.25) is 11.7 Å². The Morgan fingerprint density at radius 1 is 0.921 bits per heavy atom. The second kappa shape index (κ2) is 10.8. The Bertz CT molecular complexity index is 1470. The Labute approximate surface area is 219 Å². The van der Waals surface area contributed by atoms with Gasteiger partial charge in [0.05, 0.1) is 41.3 Å². The number of carbonyl (C=O) groups excluding carboxylic acids is 1. The zero-order valence-corrected chi connectivity index (χ0v) is 21.1. The van der Waals surface area contributed by atoms with E-state index in [-0.39, 0.29) is 5.91 Å². The highest BCUT2D eigenvalue weighted by molar-refractivity contribution is 5.95. The van der Waals surface area contributed by atoms with Crippen LogP contribution in [-0.4, -0.2) is 37.1 Å². The number of benzene rings is 1. The Morgan fingerprint density at radius 3 is 2.42 bits per heavy atom. The minimum Gasteiger partial charge on any atom is -0.481 e. The SMILES string of the molecule is Cc1nc(-c2onc(C)c2Nc2cncc(-c3ccccc3)n2)ccc1NC(=O)[C@H]1CCCC[C@@H]1C(=O)O. The molecule has 10 heteroatoms. The number of nitrogens with one attached hydrogen (secondary N) is 2. The van der Waals surface area contributed by atoms with E-state index in [4.69, 9.17) is 4.52 Å². The zero-order valence-electron chi connectivity index (χ0n) is 21.1. The van der Waals surface area contributed by atoms with Gasteiger partial charge in [0, 0.05) is 5.56 Å². The van der Waals surface area contributed by atoms with Crippen LogP contribution in [0.15, 0.2) is 59.4 Å². The minimum atomic E-state index is -0.922. The number of hydrogen-bond acceptors (Lipinski definition) is 8. The fraction of sp³-hybridized carbons (Fsp3) is 0.286. The summed E-state index contributed by atoms with van der Waals surface area (Å²) in [6.07, 6.45) is 6.07. The van der Waals surface area contributed by atoms with Crippen LogP contribution in [0.5, 0.6) is 0 Å². The largest absolute Gasteiger partial charge is 0.481 e. The number of rotatable bonds is 7. The number of amides is 1. The van der Waals surface area contributed by atoms with Crippen molar-refractivity contribution in [1.29, 1.82) is 0 Å². The second-order valence-corrected chi connectivity index (χ2v) is 9.41. The van der Waals surface area contributed by atoms with Crippen LogP contribution in [0.3, 0.4) is 0 Å². The molecule has 0 radical (unpaired) electrons. The van der Waals surface area contributed by atoms with E-state index in [1.54, 1.807) is 31.5 Å². The summed E-state index contributed by atoms with van der Waals surface area (Å²) in [4.78, 5) is 38.2. The number of hydrogen-bond donors (Lipinski definition) is 3. The molecule has 3 heterocycles. The molecule has 1 aliphatic rings. The van der Waals surface area contributed by atoms with Crippen molar-refractivity contribution in [3.8, 4) is 22.7 Å². The molecule has 1 amide bonds. The molecule has 2 atom stereocenters. The van der Waals surface area contributed by atoms with Gasteiger partial charge in [0.1, 0.15) is 22.9 Å². The number of anilines is 3.